The lowest BCUT2D eigenvalue weighted by Crippen LogP contribution is -2.33. The summed E-state index contributed by atoms with van der Waals surface area (Å²) in [5.41, 5.74) is 1.36. The molecule has 0 saturated heterocycles. The van der Waals surface area contributed by atoms with Crippen LogP contribution in [0.4, 0.5) is 0 Å². The summed E-state index contributed by atoms with van der Waals surface area (Å²) < 4.78 is 5.66. The molecule has 1 amide bonds. The molecule has 22 heavy (non-hydrogen) atoms. The van der Waals surface area contributed by atoms with Crippen LogP contribution in [-0.2, 0) is 0 Å². The van der Waals surface area contributed by atoms with Crippen LogP contribution in [0.15, 0.2) is 22.6 Å². The fourth-order valence-corrected chi connectivity index (χ4v) is 3.40. The molecule has 2 aromatic rings. The van der Waals surface area contributed by atoms with E-state index in [0.717, 1.165) is 36.6 Å². The van der Waals surface area contributed by atoms with Gasteiger partial charge in [0.25, 0.3) is 5.91 Å². The van der Waals surface area contributed by atoms with E-state index in [0.29, 0.717) is 28.8 Å². The van der Waals surface area contributed by atoms with E-state index in [9.17, 15) is 9.90 Å². The van der Waals surface area contributed by atoms with E-state index < -0.39 is 0 Å². The molecule has 5 heteroatoms. The van der Waals surface area contributed by atoms with Gasteiger partial charge in [0.15, 0.2) is 11.3 Å². The molecule has 2 atom stereocenters. The number of aliphatic hydroxyl groups excluding tert-OH is 1. The maximum Gasteiger partial charge on any atom is 0.287 e. The highest BCUT2D eigenvalue weighted by Gasteiger charge is 2.23. The monoisotopic (exact) mass is 321 g/mol. The standard InChI is InChI=1S/C17H20ClNO3/c1-10-13-6-3-7-14(18)16(13)22-15(10)17(21)19-9-11-4-2-5-12(20)8-11/h3,6-7,11-12,20H,2,4-5,8-9H2,1H3,(H,19,21). The molecular weight excluding hydrogens is 302 g/mol. The molecule has 0 aliphatic heterocycles. The van der Waals surface area contributed by atoms with Crippen LogP contribution in [0.2, 0.25) is 5.02 Å². The number of para-hydroxylation sites is 1. The average Bonchev–Trinajstić information content (AvgIpc) is 2.84. The summed E-state index contributed by atoms with van der Waals surface area (Å²) in [6.07, 6.45) is 3.45. The summed E-state index contributed by atoms with van der Waals surface area (Å²) in [5, 5.41) is 14.0. The Balaban J connectivity index is 1.72. The number of fused-ring (bicyclic) bond motifs is 1. The van der Waals surface area contributed by atoms with Crippen molar-refractivity contribution < 1.29 is 14.3 Å². The molecule has 0 radical (unpaired) electrons. The molecular formula is C17H20ClNO3. The zero-order valence-corrected chi connectivity index (χ0v) is 13.3. The van der Waals surface area contributed by atoms with Gasteiger partial charge in [0, 0.05) is 17.5 Å². The van der Waals surface area contributed by atoms with Crippen LogP contribution in [0.3, 0.4) is 0 Å². The SMILES string of the molecule is Cc1c(C(=O)NCC2CCCC(O)C2)oc2c(Cl)cccc12. The van der Waals surface area contributed by atoms with E-state index in [4.69, 9.17) is 16.0 Å². The van der Waals surface area contributed by atoms with E-state index in [1.807, 2.05) is 19.1 Å². The van der Waals surface area contributed by atoms with Gasteiger partial charge in [0.2, 0.25) is 0 Å². The fraction of sp³-hybridized carbons (Fsp3) is 0.471. The van der Waals surface area contributed by atoms with Gasteiger partial charge in [-0.25, -0.2) is 0 Å². The number of aliphatic hydroxyl groups is 1. The molecule has 4 nitrogen and oxygen atoms in total. The van der Waals surface area contributed by atoms with Gasteiger partial charge in [-0.3, -0.25) is 4.79 Å². The lowest BCUT2D eigenvalue weighted by Gasteiger charge is -2.25. The van der Waals surface area contributed by atoms with Gasteiger partial charge >= 0.3 is 0 Å². The predicted molar refractivity (Wildman–Crippen MR) is 86.3 cm³/mol. The van der Waals surface area contributed by atoms with Crippen molar-refractivity contribution >= 4 is 28.5 Å². The second-order valence-electron chi connectivity index (χ2n) is 6.07. The zero-order chi connectivity index (χ0) is 15.7. The van der Waals surface area contributed by atoms with E-state index in [1.165, 1.54) is 0 Å². The summed E-state index contributed by atoms with van der Waals surface area (Å²) >= 11 is 6.11. The molecule has 118 valence electrons. The van der Waals surface area contributed by atoms with Crippen molar-refractivity contribution in [2.45, 2.75) is 38.7 Å². The lowest BCUT2D eigenvalue weighted by atomic mass is 9.87. The Morgan fingerprint density at radius 2 is 2.27 bits per heavy atom. The maximum absolute atomic E-state index is 12.4. The van der Waals surface area contributed by atoms with Crippen molar-refractivity contribution in [1.29, 1.82) is 0 Å². The third-order valence-corrected chi connectivity index (χ3v) is 4.73. The third kappa shape index (κ3) is 2.99. The smallest absolute Gasteiger partial charge is 0.287 e. The number of amides is 1. The van der Waals surface area contributed by atoms with Gasteiger partial charge in [-0.1, -0.05) is 30.2 Å². The molecule has 1 heterocycles. The number of aryl methyl sites for hydroxylation is 1. The topological polar surface area (TPSA) is 62.5 Å². The molecule has 1 aromatic heterocycles. The molecule has 2 unspecified atom stereocenters. The molecule has 1 fully saturated rings. The van der Waals surface area contributed by atoms with Crippen LogP contribution < -0.4 is 5.32 Å². The van der Waals surface area contributed by atoms with Crippen LogP contribution in [0.1, 0.15) is 41.8 Å². The number of carbonyl (C=O) groups is 1. The molecule has 1 saturated carbocycles. The minimum absolute atomic E-state index is 0.218. The summed E-state index contributed by atoms with van der Waals surface area (Å²) in [6.45, 7) is 2.43. The first kappa shape index (κ1) is 15.4. The van der Waals surface area contributed by atoms with E-state index >= 15 is 0 Å². The first-order valence-corrected chi connectivity index (χ1v) is 8.08. The molecule has 3 rings (SSSR count). The summed E-state index contributed by atoms with van der Waals surface area (Å²) in [5.74, 6) is 0.435. The number of furan rings is 1. The van der Waals surface area contributed by atoms with Crippen LogP contribution in [0, 0.1) is 12.8 Å². The Labute approximate surface area is 134 Å². The minimum atomic E-state index is -0.234. The minimum Gasteiger partial charge on any atom is -0.449 e. The van der Waals surface area contributed by atoms with Gasteiger partial charge in [-0.2, -0.15) is 0 Å². The van der Waals surface area contributed by atoms with E-state index in [2.05, 4.69) is 5.32 Å². The van der Waals surface area contributed by atoms with Crippen molar-refractivity contribution in [3.63, 3.8) is 0 Å². The van der Waals surface area contributed by atoms with E-state index in [1.54, 1.807) is 6.07 Å². The molecule has 0 spiro atoms. The van der Waals surface area contributed by atoms with Crippen molar-refractivity contribution in [2.75, 3.05) is 6.54 Å². The van der Waals surface area contributed by atoms with Gasteiger partial charge in [-0.05, 0) is 38.2 Å². The second kappa shape index (κ2) is 6.31. The van der Waals surface area contributed by atoms with E-state index in [-0.39, 0.29) is 12.0 Å². The van der Waals surface area contributed by atoms with Crippen LogP contribution in [0.5, 0.6) is 0 Å². The Morgan fingerprint density at radius 1 is 1.45 bits per heavy atom. The second-order valence-corrected chi connectivity index (χ2v) is 6.48. The molecule has 1 aliphatic rings. The number of halogens is 1. The highest BCUT2D eigenvalue weighted by molar-refractivity contribution is 6.35. The number of rotatable bonds is 3. The van der Waals surface area contributed by atoms with Crippen molar-refractivity contribution in [2.24, 2.45) is 5.92 Å². The zero-order valence-electron chi connectivity index (χ0n) is 12.6. The van der Waals surface area contributed by atoms with Gasteiger partial charge < -0.3 is 14.8 Å². The van der Waals surface area contributed by atoms with Crippen LogP contribution >= 0.6 is 11.6 Å². The molecule has 1 aliphatic carbocycles. The highest BCUT2D eigenvalue weighted by atomic mass is 35.5. The van der Waals surface area contributed by atoms with Crippen molar-refractivity contribution in [3.8, 4) is 0 Å². The van der Waals surface area contributed by atoms with Gasteiger partial charge in [0.05, 0.1) is 11.1 Å². The van der Waals surface area contributed by atoms with Crippen LogP contribution in [0.25, 0.3) is 11.0 Å². The lowest BCUT2D eigenvalue weighted by molar-refractivity contribution is 0.0855. The predicted octanol–water partition coefficient (Wildman–Crippen LogP) is 3.68. The van der Waals surface area contributed by atoms with Crippen molar-refractivity contribution in [1.82, 2.24) is 5.32 Å². The molecule has 1 aromatic carbocycles. The number of nitrogens with one attached hydrogen (secondary N) is 1. The van der Waals surface area contributed by atoms with Crippen LogP contribution in [-0.4, -0.2) is 23.7 Å². The Bertz CT molecular complexity index is 695. The quantitative estimate of drug-likeness (QED) is 0.906. The number of benzene rings is 1. The number of hydrogen-bond acceptors (Lipinski definition) is 3. The fourth-order valence-electron chi connectivity index (χ4n) is 3.19. The summed E-state index contributed by atoms with van der Waals surface area (Å²) in [4.78, 5) is 12.4. The maximum atomic E-state index is 12.4. The summed E-state index contributed by atoms with van der Waals surface area (Å²) in [7, 11) is 0. The van der Waals surface area contributed by atoms with Crippen molar-refractivity contribution in [3.05, 3.63) is 34.5 Å². The third-order valence-electron chi connectivity index (χ3n) is 4.43. The number of carbonyl (C=O) groups excluding carboxylic acids is 1. The normalized spacial score (nSPS) is 22.0. The Morgan fingerprint density at radius 3 is 3.00 bits per heavy atom. The average molecular weight is 322 g/mol. The van der Waals surface area contributed by atoms with Gasteiger partial charge in [0.1, 0.15) is 0 Å². The molecule has 0 bridgehead atoms. The first-order valence-electron chi connectivity index (χ1n) is 7.70. The Kier molecular flexibility index (Phi) is 4.41. The largest absolute Gasteiger partial charge is 0.449 e. The first-order chi connectivity index (χ1) is 10.6. The van der Waals surface area contributed by atoms with Gasteiger partial charge in [-0.15, -0.1) is 0 Å². The Hall–Kier alpha value is -1.52. The molecule has 2 N–H and O–H groups in total. The highest BCUT2D eigenvalue weighted by Crippen LogP contribution is 2.30. The summed E-state index contributed by atoms with van der Waals surface area (Å²) in [6, 6.07) is 5.49. The number of hydrogen-bond donors (Lipinski definition) is 2.